The topological polar surface area (TPSA) is 112 Å². The van der Waals surface area contributed by atoms with Gasteiger partial charge in [0.2, 0.25) is 0 Å². The quantitative estimate of drug-likeness (QED) is 0.466. The van der Waals surface area contributed by atoms with Crippen molar-refractivity contribution < 1.29 is 27.9 Å². The maximum absolute atomic E-state index is 14.1. The Morgan fingerprint density at radius 3 is 2.61 bits per heavy atom. The number of carbonyl (C=O) groups excluding carboxylic acids is 1. The van der Waals surface area contributed by atoms with E-state index in [0.717, 1.165) is 5.69 Å². The Bertz CT molecular complexity index is 1100. The van der Waals surface area contributed by atoms with Crippen molar-refractivity contribution in [2.24, 2.45) is 0 Å². The lowest BCUT2D eigenvalue weighted by Gasteiger charge is -2.16. The number of hydrogen-bond donors (Lipinski definition) is 3. The van der Waals surface area contributed by atoms with Crippen LogP contribution in [0, 0.1) is 6.92 Å². The molecule has 0 radical (unpaired) electrons. The molecule has 28 heavy (non-hydrogen) atoms. The number of thiophene rings is 1. The van der Waals surface area contributed by atoms with Crippen molar-refractivity contribution >= 4 is 50.9 Å². The van der Waals surface area contributed by atoms with Crippen LogP contribution in [0.1, 0.15) is 26.6 Å². The zero-order valence-electron chi connectivity index (χ0n) is 14.2. The fourth-order valence-corrected chi connectivity index (χ4v) is 5.25. The fraction of sp³-hybridized carbons (Fsp3) is 0.188. The van der Waals surface area contributed by atoms with Gasteiger partial charge in [0, 0.05) is 20.1 Å². The standard InChI is InChI=1S/C16H13BrF2N3O4PS/c1-8-2-4-10(22-21-8)7-20-15(23)9-3-5-12-11(6-9)13(17)14(28-12)16(18,19)27(24,25)26/h2-6H,7H2,1H3,(H,20,23)(H2,24,25,26). The van der Waals surface area contributed by atoms with Gasteiger partial charge in [-0.15, -0.1) is 11.3 Å². The van der Waals surface area contributed by atoms with Crippen molar-refractivity contribution in [3.8, 4) is 0 Å². The zero-order valence-corrected chi connectivity index (χ0v) is 17.5. The first-order chi connectivity index (χ1) is 13.0. The summed E-state index contributed by atoms with van der Waals surface area (Å²) in [4.78, 5) is 29.5. The molecule has 1 amide bonds. The Hall–Kier alpha value is -1.78. The summed E-state index contributed by atoms with van der Waals surface area (Å²) in [6.45, 7) is 1.92. The van der Waals surface area contributed by atoms with Crippen LogP contribution < -0.4 is 5.32 Å². The molecule has 0 aliphatic heterocycles. The molecule has 2 heterocycles. The third-order valence-electron chi connectivity index (χ3n) is 3.81. The molecule has 3 aromatic rings. The van der Waals surface area contributed by atoms with E-state index in [2.05, 4.69) is 31.4 Å². The second-order valence-corrected chi connectivity index (χ2v) is 9.39. The lowest BCUT2D eigenvalue weighted by atomic mass is 10.1. The molecular weight excluding hydrogens is 479 g/mol. The summed E-state index contributed by atoms with van der Waals surface area (Å²) in [7, 11) is -5.70. The van der Waals surface area contributed by atoms with Crippen molar-refractivity contribution in [3.05, 3.63) is 56.6 Å². The SMILES string of the molecule is Cc1ccc(CNC(=O)c2ccc3sc(C(F)(F)P(=O)(O)O)c(Br)c3c2)nn1. The van der Waals surface area contributed by atoms with Gasteiger partial charge in [0.1, 0.15) is 4.88 Å². The van der Waals surface area contributed by atoms with Crippen LogP contribution in [-0.4, -0.2) is 25.9 Å². The van der Waals surface area contributed by atoms with Gasteiger partial charge in [0.15, 0.2) is 0 Å². The average molecular weight is 492 g/mol. The summed E-state index contributed by atoms with van der Waals surface area (Å²) in [6, 6.07) is 7.75. The van der Waals surface area contributed by atoms with Crippen molar-refractivity contribution in [1.29, 1.82) is 0 Å². The van der Waals surface area contributed by atoms with E-state index in [9.17, 15) is 18.1 Å². The molecule has 12 heteroatoms. The minimum absolute atomic E-state index is 0.135. The van der Waals surface area contributed by atoms with Crippen LogP contribution in [0.5, 0.6) is 0 Å². The highest BCUT2D eigenvalue weighted by Crippen LogP contribution is 2.62. The first kappa shape index (κ1) is 20.9. The van der Waals surface area contributed by atoms with Crippen LogP contribution >= 0.6 is 34.9 Å². The Kier molecular flexibility index (Phi) is 5.66. The lowest BCUT2D eigenvalue weighted by Crippen LogP contribution is -2.23. The summed E-state index contributed by atoms with van der Waals surface area (Å²) in [5, 5.41) is 10.7. The summed E-state index contributed by atoms with van der Waals surface area (Å²) >= 11 is 3.53. The van der Waals surface area contributed by atoms with Crippen molar-refractivity contribution in [3.63, 3.8) is 0 Å². The van der Waals surface area contributed by atoms with E-state index in [1.165, 1.54) is 18.2 Å². The molecule has 0 unspecified atom stereocenters. The summed E-state index contributed by atoms with van der Waals surface area (Å²) in [5.74, 6) is -0.453. The van der Waals surface area contributed by atoms with Crippen LogP contribution in [0.2, 0.25) is 0 Å². The molecule has 0 bridgehead atoms. The molecule has 0 saturated carbocycles. The van der Waals surface area contributed by atoms with Crippen LogP contribution in [0.25, 0.3) is 10.1 Å². The van der Waals surface area contributed by atoms with Crippen molar-refractivity contribution in [2.45, 2.75) is 19.1 Å². The number of amides is 1. The van der Waals surface area contributed by atoms with E-state index in [-0.39, 0.29) is 22.0 Å². The molecule has 0 fully saturated rings. The molecule has 1 aromatic carbocycles. The second kappa shape index (κ2) is 7.57. The molecular formula is C16H13BrF2N3O4PS. The van der Waals surface area contributed by atoms with Gasteiger partial charge in [-0.25, -0.2) is 0 Å². The third kappa shape index (κ3) is 3.99. The van der Waals surface area contributed by atoms with E-state index in [1.807, 2.05) is 0 Å². The monoisotopic (exact) mass is 491 g/mol. The van der Waals surface area contributed by atoms with E-state index < -0.39 is 24.0 Å². The number of alkyl halides is 2. The van der Waals surface area contributed by atoms with Gasteiger partial charge in [0.25, 0.3) is 5.91 Å². The second-order valence-electron chi connectivity index (χ2n) is 5.89. The number of fused-ring (bicyclic) bond motifs is 1. The molecule has 0 spiro atoms. The number of benzene rings is 1. The Morgan fingerprint density at radius 2 is 2.00 bits per heavy atom. The molecule has 0 saturated heterocycles. The van der Waals surface area contributed by atoms with Crippen LogP contribution in [0.3, 0.4) is 0 Å². The summed E-state index contributed by atoms with van der Waals surface area (Å²) in [5.41, 5.74) is -2.83. The summed E-state index contributed by atoms with van der Waals surface area (Å²) < 4.78 is 39.5. The van der Waals surface area contributed by atoms with Crippen LogP contribution in [0.15, 0.2) is 34.8 Å². The maximum Gasteiger partial charge on any atom is 0.400 e. The predicted molar refractivity (Wildman–Crippen MR) is 103 cm³/mol. The van der Waals surface area contributed by atoms with Gasteiger partial charge in [-0.2, -0.15) is 19.0 Å². The van der Waals surface area contributed by atoms with Gasteiger partial charge < -0.3 is 15.1 Å². The number of nitrogens with zero attached hydrogens (tertiary/aromatic N) is 2. The van der Waals surface area contributed by atoms with Crippen molar-refractivity contribution in [1.82, 2.24) is 15.5 Å². The smallest absolute Gasteiger partial charge is 0.346 e. The van der Waals surface area contributed by atoms with Gasteiger partial charge in [-0.05, 0) is 53.2 Å². The largest absolute Gasteiger partial charge is 0.400 e. The molecule has 0 aliphatic carbocycles. The van der Waals surface area contributed by atoms with E-state index in [1.54, 1.807) is 19.1 Å². The van der Waals surface area contributed by atoms with Gasteiger partial charge in [0.05, 0.1) is 17.9 Å². The van der Waals surface area contributed by atoms with Crippen LogP contribution in [0.4, 0.5) is 8.78 Å². The van der Waals surface area contributed by atoms with E-state index >= 15 is 0 Å². The first-order valence-corrected chi connectivity index (χ1v) is 11.0. The average Bonchev–Trinajstić information content (AvgIpc) is 2.97. The maximum atomic E-state index is 14.1. The van der Waals surface area contributed by atoms with Crippen molar-refractivity contribution in [2.75, 3.05) is 0 Å². The molecule has 148 valence electrons. The molecule has 3 N–H and O–H groups in total. The van der Waals surface area contributed by atoms with Gasteiger partial charge in [-0.3, -0.25) is 9.36 Å². The van der Waals surface area contributed by atoms with Gasteiger partial charge >= 0.3 is 13.3 Å². The highest BCUT2D eigenvalue weighted by Gasteiger charge is 2.53. The normalized spacial score (nSPS) is 12.4. The lowest BCUT2D eigenvalue weighted by molar-refractivity contribution is 0.0595. The van der Waals surface area contributed by atoms with Gasteiger partial charge in [-0.1, -0.05) is 0 Å². The zero-order chi connectivity index (χ0) is 20.7. The Labute approximate surface area is 170 Å². The highest BCUT2D eigenvalue weighted by molar-refractivity contribution is 9.10. The predicted octanol–water partition coefficient (Wildman–Crippen LogP) is 3.92. The first-order valence-electron chi connectivity index (χ1n) is 7.74. The molecule has 0 atom stereocenters. The Morgan fingerprint density at radius 1 is 1.29 bits per heavy atom. The number of aromatic nitrogens is 2. The van der Waals surface area contributed by atoms with Crippen LogP contribution in [-0.2, 0) is 16.8 Å². The number of aryl methyl sites for hydroxylation is 1. The third-order valence-corrected chi connectivity index (χ3v) is 7.24. The molecule has 3 rings (SSSR count). The summed E-state index contributed by atoms with van der Waals surface area (Å²) in [6.07, 6.45) is 0. The molecule has 0 aliphatic rings. The van der Waals surface area contributed by atoms with E-state index in [4.69, 9.17) is 9.79 Å². The molecule has 2 aromatic heterocycles. The minimum Gasteiger partial charge on any atom is -0.346 e. The number of hydrogen-bond acceptors (Lipinski definition) is 5. The molecule has 7 nitrogen and oxygen atoms in total. The number of carbonyl (C=O) groups is 1. The van der Waals surface area contributed by atoms with E-state index in [0.29, 0.717) is 21.7 Å². The fourth-order valence-electron chi connectivity index (χ4n) is 2.33. The number of nitrogens with one attached hydrogen (secondary N) is 1. The minimum atomic E-state index is -5.70. The number of halogens is 3. The highest BCUT2D eigenvalue weighted by atomic mass is 79.9. The Balaban J connectivity index is 1.87. The number of rotatable bonds is 5.